The molecule has 0 aromatic carbocycles. The second-order valence-corrected chi connectivity index (χ2v) is 3.29. The fourth-order valence-corrected chi connectivity index (χ4v) is 1.09. The molecule has 0 atom stereocenters. The summed E-state index contributed by atoms with van der Waals surface area (Å²) in [7, 11) is 0. The van der Waals surface area contributed by atoms with E-state index < -0.39 is 0 Å². The molecule has 0 saturated carbocycles. The van der Waals surface area contributed by atoms with Crippen LogP contribution in [0.15, 0.2) is 0 Å². The van der Waals surface area contributed by atoms with E-state index in [0.717, 1.165) is 6.42 Å². The van der Waals surface area contributed by atoms with Crippen LogP contribution in [0.1, 0.15) is 27.2 Å². The highest BCUT2D eigenvalue weighted by Gasteiger charge is 2.27. The Morgan fingerprint density at radius 2 is 1.46 bits per heavy atom. The molecule has 1 N–H and O–H groups in total. The van der Waals surface area contributed by atoms with Gasteiger partial charge in [-0.3, -0.25) is 0 Å². The lowest BCUT2D eigenvalue weighted by Gasteiger charge is -2.29. The highest BCUT2D eigenvalue weighted by molar-refractivity contribution is 4.76. The summed E-state index contributed by atoms with van der Waals surface area (Å²) in [4.78, 5) is 0. The van der Waals surface area contributed by atoms with Crippen molar-refractivity contribution in [1.29, 1.82) is 0 Å². The zero-order valence-electron chi connectivity index (χ0n) is 9.01. The van der Waals surface area contributed by atoms with Crippen LogP contribution < -0.4 is 0 Å². The van der Waals surface area contributed by atoms with Crippen LogP contribution in [0, 0.1) is 5.41 Å². The Balaban J connectivity index is 3.97. The first-order chi connectivity index (χ1) is 6.24. The zero-order valence-corrected chi connectivity index (χ0v) is 9.01. The van der Waals surface area contributed by atoms with E-state index in [4.69, 9.17) is 9.47 Å². The molecule has 0 saturated heterocycles. The van der Waals surface area contributed by atoms with Gasteiger partial charge in [-0.2, -0.15) is 0 Å². The fourth-order valence-electron chi connectivity index (χ4n) is 1.09. The van der Waals surface area contributed by atoms with E-state index in [-0.39, 0.29) is 12.0 Å². The minimum absolute atomic E-state index is 0.128. The van der Waals surface area contributed by atoms with Crippen molar-refractivity contribution < 1.29 is 14.6 Å². The van der Waals surface area contributed by atoms with Gasteiger partial charge in [0.1, 0.15) is 0 Å². The highest BCUT2D eigenvalue weighted by Crippen LogP contribution is 2.22. The van der Waals surface area contributed by atoms with E-state index in [0.29, 0.717) is 26.4 Å². The lowest BCUT2D eigenvalue weighted by Crippen LogP contribution is -2.35. The first-order valence-corrected chi connectivity index (χ1v) is 5.01. The van der Waals surface area contributed by atoms with E-state index in [2.05, 4.69) is 0 Å². The SMILES string of the molecule is CCOCC(CC)(CO)COCC. The molecule has 0 unspecified atom stereocenters. The number of aliphatic hydroxyl groups excluding tert-OH is 1. The Morgan fingerprint density at radius 1 is 1.00 bits per heavy atom. The van der Waals surface area contributed by atoms with Gasteiger partial charge in [-0.1, -0.05) is 6.92 Å². The Hall–Kier alpha value is -0.120. The molecular formula is C10H22O3. The van der Waals surface area contributed by atoms with Crippen molar-refractivity contribution in [3.05, 3.63) is 0 Å². The van der Waals surface area contributed by atoms with Gasteiger partial charge in [0.05, 0.1) is 19.8 Å². The summed E-state index contributed by atoms with van der Waals surface area (Å²) in [6, 6.07) is 0. The molecule has 80 valence electrons. The molecule has 13 heavy (non-hydrogen) atoms. The van der Waals surface area contributed by atoms with Gasteiger partial charge in [-0.15, -0.1) is 0 Å². The molecular weight excluding hydrogens is 168 g/mol. The molecule has 0 bridgehead atoms. The largest absolute Gasteiger partial charge is 0.396 e. The monoisotopic (exact) mass is 190 g/mol. The number of hydrogen-bond donors (Lipinski definition) is 1. The number of ether oxygens (including phenoxy) is 2. The fraction of sp³-hybridized carbons (Fsp3) is 1.00. The summed E-state index contributed by atoms with van der Waals surface area (Å²) in [6.45, 7) is 8.63. The lowest BCUT2D eigenvalue weighted by molar-refractivity contribution is -0.0482. The topological polar surface area (TPSA) is 38.7 Å². The van der Waals surface area contributed by atoms with Crippen LogP contribution in [-0.4, -0.2) is 38.1 Å². The van der Waals surface area contributed by atoms with E-state index in [9.17, 15) is 5.11 Å². The predicted octanol–water partition coefficient (Wildman–Crippen LogP) is 1.45. The predicted molar refractivity (Wildman–Crippen MR) is 52.8 cm³/mol. The summed E-state index contributed by atoms with van der Waals surface area (Å²) in [5, 5.41) is 9.27. The van der Waals surface area contributed by atoms with Crippen molar-refractivity contribution >= 4 is 0 Å². The van der Waals surface area contributed by atoms with E-state index in [1.165, 1.54) is 0 Å². The van der Waals surface area contributed by atoms with Gasteiger partial charge in [0.25, 0.3) is 0 Å². The molecule has 0 heterocycles. The molecule has 0 radical (unpaired) electrons. The Labute approximate surface area is 81.0 Å². The minimum Gasteiger partial charge on any atom is -0.396 e. The Bertz CT molecular complexity index is 101. The van der Waals surface area contributed by atoms with Gasteiger partial charge in [0.2, 0.25) is 0 Å². The van der Waals surface area contributed by atoms with Gasteiger partial charge in [0, 0.05) is 18.6 Å². The maximum absolute atomic E-state index is 9.27. The van der Waals surface area contributed by atoms with Crippen molar-refractivity contribution in [3.63, 3.8) is 0 Å². The second kappa shape index (κ2) is 7.30. The number of aliphatic hydroxyl groups is 1. The minimum atomic E-state index is -0.202. The first-order valence-electron chi connectivity index (χ1n) is 5.01. The maximum atomic E-state index is 9.27. The van der Waals surface area contributed by atoms with Gasteiger partial charge >= 0.3 is 0 Å². The standard InChI is InChI=1S/C10H22O3/c1-4-10(7-11,8-12-5-2)9-13-6-3/h11H,4-9H2,1-3H3. The van der Waals surface area contributed by atoms with Crippen LogP contribution in [0.4, 0.5) is 0 Å². The van der Waals surface area contributed by atoms with Gasteiger partial charge in [0.15, 0.2) is 0 Å². The number of rotatable bonds is 8. The first kappa shape index (κ1) is 12.9. The molecule has 0 fully saturated rings. The van der Waals surface area contributed by atoms with Crippen molar-refractivity contribution in [1.82, 2.24) is 0 Å². The van der Waals surface area contributed by atoms with E-state index >= 15 is 0 Å². The van der Waals surface area contributed by atoms with Crippen molar-refractivity contribution in [3.8, 4) is 0 Å². The van der Waals surface area contributed by atoms with Crippen molar-refractivity contribution in [2.45, 2.75) is 27.2 Å². The third-order valence-electron chi connectivity index (χ3n) is 2.31. The molecule has 0 aliphatic rings. The molecule has 3 heteroatoms. The summed E-state index contributed by atoms with van der Waals surface area (Å²) in [5.74, 6) is 0. The van der Waals surface area contributed by atoms with Crippen LogP contribution in [-0.2, 0) is 9.47 Å². The summed E-state index contributed by atoms with van der Waals surface area (Å²) in [6.07, 6.45) is 0.878. The average Bonchev–Trinajstić information content (AvgIpc) is 2.20. The van der Waals surface area contributed by atoms with Crippen LogP contribution in [0.2, 0.25) is 0 Å². The van der Waals surface area contributed by atoms with E-state index in [1.54, 1.807) is 0 Å². The molecule has 0 aromatic heterocycles. The van der Waals surface area contributed by atoms with Gasteiger partial charge in [-0.05, 0) is 20.3 Å². The third kappa shape index (κ3) is 4.60. The summed E-state index contributed by atoms with van der Waals surface area (Å²) < 4.78 is 10.7. The van der Waals surface area contributed by atoms with Crippen LogP contribution >= 0.6 is 0 Å². The van der Waals surface area contributed by atoms with Gasteiger partial charge < -0.3 is 14.6 Å². The normalized spacial score (nSPS) is 12.0. The van der Waals surface area contributed by atoms with Crippen LogP contribution in [0.3, 0.4) is 0 Å². The molecule has 0 aliphatic carbocycles. The number of hydrogen-bond acceptors (Lipinski definition) is 3. The average molecular weight is 190 g/mol. The molecule has 0 spiro atoms. The third-order valence-corrected chi connectivity index (χ3v) is 2.31. The van der Waals surface area contributed by atoms with Crippen LogP contribution in [0.5, 0.6) is 0 Å². The van der Waals surface area contributed by atoms with Gasteiger partial charge in [-0.25, -0.2) is 0 Å². The lowest BCUT2D eigenvalue weighted by atomic mass is 9.88. The Morgan fingerprint density at radius 3 is 1.69 bits per heavy atom. The zero-order chi connectivity index (χ0) is 10.2. The molecule has 0 rings (SSSR count). The van der Waals surface area contributed by atoms with E-state index in [1.807, 2.05) is 20.8 Å². The second-order valence-electron chi connectivity index (χ2n) is 3.29. The van der Waals surface area contributed by atoms with Crippen molar-refractivity contribution in [2.75, 3.05) is 33.0 Å². The summed E-state index contributed by atoms with van der Waals surface area (Å²) in [5.41, 5.74) is -0.202. The quantitative estimate of drug-likeness (QED) is 0.629. The highest BCUT2D eigenvalue weighted by atomic mass is 16.5. The molecule has 3 nitrogen and oxygen atoms in total. The van der Waals surface area contributed by atoms with Crippen molar-refractivity contribution in [2.24, 2.45) is 5.41 Å². The molecule has 0 aliphatic heterocycles. The maximum Gasteiger partial charge on any atom is 0.0566 e. The summed E-state index contributed by atoms with van der Waals surface area (Å²) >= 11 is 0. The smallest absolute Gasteiger partial charge is 0.0566 e. The molecule has 0 aromatic rings. The van der Waals surface area contributed by atoms with Crippen LogP contribution in [0.25, 0.3) is 0 Å². The Kier molecular flexibility index (Phi) is 7.23. The molecule has 0 amide bonds.